The van der Waals surface area contributed by atoms with Gasteiger partial charge in [-0.3, -0.25) is 10.1 Å². The molecule has 0 spiro atoms. The fourth-order valence-electron chi connectivity index (χ4n) is 2.74. The van der Waals surface area contributed by atoms with Gasteiger partial charge >= 0.3 is 5.69 Å². The monoisotopic (exact) mass is 307 g/mol. The molecule has 1 fully saturated rings. The molecule has 0 unspecified atom stereocenters. The second kappa shape index (κ2) is 8.70. The topological polar surface area (TPSA) is 67.6 Å². The summed E-state index contributed by atoms with van der Waals surface area (Å²) in [5, 5.41) is 14.4. The fraction of sp³-hybridized carbons (Fsp3) is 0.625. The number of nitro groups is 1. The Hall–Kier alpha value is -1.66. The highest BCUT2D eigenvalue weighted by Crippen LogP contribution is 2.28. The predicted octanol–water partition coefficient (Wildman–Crippen LogP) is 2.22. The molecule has 1 aromatic rings. The predicted molar refractivity (Wildman–Crippen MR) is 86.5 cm³/mol. The quantitative estimate of drug-likeness (QED) is 0.453. The van der Waals surface area contributed by atoms with Crippen molar-refractivity contribution in [2.45, 2.75) is 26.2 Å². The molecule has 0 amide bonds. The average Bonchev–Trinajstić information content (AvgIpc) is 2.54. The number of nitrogens with one attached hydrogen (secondary N) is 1. The second-order valence-corrected chi connectivity index (χ2v) is 5.54. The van der Waals surface area contributed by atoms with E-state index in [1.165, 1.54) is 0 Å². The van der Waals surface area contributed by atoms with Crippen molar-refractivity contribution in [3.8, 4) is 5.75 Å². The van der Waals surface area contributed by atoms with Gasteiger partial charge in [-0.2, -0.15) is 0 Å². The third-order valence-electron chi connectivity index (χ3n) is 3.92. The zero-order chi connectivity index (χ0) is 15.8. The Labute approximate surface area is 131 Å². The van der Waals surface area contributed by atoms with Gasteiger partial charge in [0.25, 0.3) is 0 Å². The molecule has 6 heteroatoms. The van der Waals surface area contributed by atoms with Gasteiger partial charge in [-0.25, -0.2) is 0 Å². The number of piperazine rings is 1. The largest absolute Gasteiger partial charge is 0.487 e. The van der Waals surface area contributed by atoms with Crippen LogP contribution in [0.4, 0.5) is 5.69 Å². The van der Waals surface area contributed by atoms with E-state index in [-0.39, 0.29) is 10.6 Å². The number of benzene rings is 1. The van der Waals surface area contributed by atoms with Gasteiger partial charge in [0.2, 0.25) is 0 Å². The number of hydrogen-bond acceptors (Lipinski definition) is 5. The van der Waals surface area contributed by atoms with E-state index in [2.05, 4.69) is 10.2 Å². The molecule has 1 heterocycles. The van der Waals surface area contributed by atoms with Gasteiger partial charge in [-0.05, 0) is 44.4 Å². The van der Waals surface area contributed by atoms with E-state index in [1.54, 1.807) is 12.1 Å². The normalized spacial score (nSPS) is 15.7. The van der Waals surface area contributed by atoms with E-state index in [9.17, 15) is 10.1 Å². The second-order valence-electron chi connectivity index (χ2n) is 5.54. The third-order valence-corrected chi connectivity index (χ3v) is 3.92. The summed E-state index contributed by atoms with van der Waals surface area (Å²) in [7, 11) is 0. The van der Waals surface area contributed by atoms with Crippen LogP contribution in [0.3, 0.4) is 0 Å². The zero-order valence-corrected chi connectivity index (χ0v) is 13.2. The maximum absolute atomic E-state index is 11.1. The lowest BCUT2D eigenvalue weighted by Gasteiger charge is -2.27. The number of hydrogen-bond donors (Lipinski definition) is 1. The Bertz CT molecular complexity index is 488. The molecule has 1 saturated heterocycles. The van der Waals surface area contributed by atoms with E-state index < -0.39 is 0 Å². The Morgan fingerprint density at radius 3 is 2.77 bits per heavy atom. The standard InChI is InChI=1S/C16H25N3O3/c1-2-22-16-7-6-14(13-15(16)19(20)21)5-3-4-10-18-11-8-17-9-12-18/h6-7,13,17H,2-5,8-12H2,1H3. The molecule has 22 heavy (non-hydrogen) atoms. The van der Waals surface area contributed by atoms with Gasteiger partial charge in [-0.1, -0.05) is 6.07 Å². The van der Waals surface area contributed by atoms with E-state index >= 15 is 0 Å². The van der Waals surface area contributed by atoms with Crippen LogP contribution in [0.2, 0.25) is 0 Å². The smallest absolute Gasteiger partial charge is 0.311 e. The minimum atomic E-state index is -0.366. The first-order chi connectivity index (χ1) is 10.7. The Kier molecular flexibility index (Phi) is 6.61. The van der Waals surface area contributed by atoms with Crippen LogP contribution in [-0.4, -0.2) is 49.2 Å². The molecule has 0 bridgehead atoms. The fourth-order valence-corrected chi connectivity index (χ4v) is 2.74. The lowest BCUT2D eigenvalue weighted by Crippen LogP contribution is -2.43. The van der Waals surface area contributed by atoms with Crippen LogP contribution in [0.1, 0.15) is 25.3 Å². The van der Waals surface area contributed by atoms with Crippen LogP contribution in [-0.2, 0) is 6.42 Å². The highest BCUT2D eigenvalue weighted by Gasteiger charge is 2.15. The molecular formula is C16H25N3O3. The van der Waals surface area contributed by atoms with E-state index in [0.717, 1.165) is 57.5 Å². The van der Waals surface area contributed by atoms with Crippen molar-refractivity contribution in [3.63, 3.8) is 0 Å². The van der Waals surface area contributed by atoms with Crippen LogP contribution in [0.25, 0.3) is 0 Å². The molecule has 0 atom stereocenters. The summed E-state index contributed by atoms with van der Waals surface area (Å²) in [6.45, 7) is 7.76. The number of aryl methyl sites for hydroxylation is 1. The van der Waals surface area contributed by atoms with Crippen molar-refractivity contribution in [1.29, 1.82) is 0 Å². The van der Waals surface area contributed by atoms with Gasteiger partial charge in [0.15, 0.2) is 5.75 Å². The van der Waals surface area contributed by atoms with Crippen LogP contribution in [0, 0.1) is 10.1 Å². The van der Waals surface area contributed by atoms with E-state index in [0.29, 0.717) is 12.4 Å². The summed E-state index contributed by atoms with van der Waals surface area (Å²) >= 11 is 0. The minimum absolute atomic E-state index is 0.0708. The highest BCUT2D eigenvalue weighted by atomic mass is 16.6. The van der Waals surface area contributed by atoms with Gasteiger partial charge in [0, 0.05) is 32.2 Å². The average molecular weight is 307 g/mol. The molecule has 0 radical (unpaired) electrons. The number of rotatable bonds is 8. The van der Waals surface area contributed by atoms with Crippen LogP contribution < -0.4 is 10.1 Å². The van der Waals surface area contributed by atoms with Gasteiger partial charge in [-0.15, -0.1) is 0 Å². The van der Waals surface area contributed by atoms with Gasteiger partial charge in [0.05, 0.1) is 11.5 Å². The molecule has 0 aromatic heterocycles. The lowest BCUT2D eigenvalue weighted by atomic mass is 10.1. The molecule has 1 N–H and O–H groups in total. The van der Waals surface area contributed by atoms with Crippen LogP contribution in [0.15, 0.2) is 18.2 Å². The SMILES string of the molecule is CCOc1ccc(CCCCN2CCNCC2)cc1[N+](=O)[O-]. The summed E-state index contributed by atoms with van der Waals surface area (Å²) < 4.78 is 5.30. The van der Waals surface area contributed by atoms with Gasteiger partial charge < -0.3 is 15.0 Å². The van der Waals surface area contributed by atoms with Crippen molar-refractivity contribution < 1.29 is 9.66 Å². The first-order valence-electron chi connectivity index (χ1n) is 8.04. The molecule has 6 nitrogen and oxygen atoms in total. The molecule has 122 valence electrons. The summed E-state index contributed by atoms with van der Waals surface area (Å²) in [6.07, 6.45) is 3.05. The summed E-state index contributed by atoms with van der Waals surface area (Å²) in [5.41, 5.74) is 1.08. The molecular weight excluding hydrogens is 282 g/mol. The highest BCUT2D eigenvalue weighted by molar-refractivity contribution is 5.48. The first kappa shape index (κ1) is 16.7. The van der Waals surface area contributed by atoms with Crippen LogP contribution in [0.5, 0.6) is 5.75 Å². The Morgan fingerprint density at radius 2 is 2.09 bits per heavy atom. The summed E-state index contributed by atoms with van der Waals surface area (Å²) in [6, 6.07) is 5.30. The maximum Gasteiger partial charge on any atom is 0.311 e. The number of nitro benzene ring substituents is 1. The Morgan fingerprint density at radius 1 is 1.32 bits per heavy atom. The van der Waals surface area contributed by atoms with Crippen molar-refractivity contribution in [1.82, 2.24) is 10.2 Å². The lowest BCUT2D eigenvalue weighted by molar-refractivity contribution is -0.385. The first-order valence-corrected chi connectivity index (χ1v) is 8.04. The maximum atomic E-state index is 11.1. The summed E-state index contributed by atoms with van der Waals surface area (Å²) in [4.78, 5) is 13.2. The van der Waals surface area contributed by atoms with E-state index in [1.807, 2.05) is 13.0 Å². The molecule has 1 aromatic carbocycles. The van der Waals surface area contributed by atoms with Crippen molar-refractivity contribution in [2.75, 3.05) is 39.3 Å². The third kappa shape index (κ3) is 4.96. The minimum Gasteiger partial charge on any atom is -0.487 e. The molecule has 0 saturated carbocycles. The van der Waals surface area contributed by atoms with Crippen molar-refractivity contribution in [3.05, 3.63) is 33.9 Å². The van der Waals surface area contributed by atoms with E-state index in [4.69, 9.17) is 4.74 Å². The van der Waals surface area contributed by atoms with Gasteiger partial charge in [0.1, 0.15) is 0 Å². The molecule has 2 rings (SSSR count). The molecule has 0 aliphatic carbocycles. The molecule has 1 aliphatic rings. The molecule has 1 aliphatic heterocycles. The number of ether oxygens (including phenoxy) is 1. The summed E-state index contributed by atoms with van der Waals surface area (Å²) in [5.74, 6) is 0.358. The van der Waals surface area contributed by atoms with Crippen molar-refractivity contribution in [2.24, 2.45) is 0 Å². The van der Waals surface area contributed by atoms with Crippen LogP contribution >= 0.6 is 0 Å². The van der Waals surface area contributed by atoms with Crippen molar-refractivity contribution >= 4 is 5.69 Å². The number of nitrogens with zero attached hydrogens (tertiary/aromatic N) is 2. The zero-order valence-electron chi connectivity index (χ0n) is 13.2. The number of unbranched alkanes of at least 4 members (excludes halogenated alkanes) is 1. The Balaban J connectivity index is 1.81.